The maximum absolute atomic E-state index is 11.5. The smallest absolute Gasteiger partial charge is 0.308 e. The second-order valence-corrected chi connectivity index (χ2v) is 6.04. The van der Waals surface area contributed by atoms with Crippen molar-refractivity contribution in [3.05, 3.63) is 0 Å². The number of methoxy groups -OCH3 is 1. The number of carbonyl (C=O) groups is 1. The van der Waals surface area contributed by atoms with Crippen LogP contribution in [0.1, 0.15) is 19.8 Å². The summed E-state index contributed by atoms with van der Waals surface area (Å²) in [6.45, 7) is 4.80. The van der Waals surface area contributed by atoms with E-state index in [1.165, 1.54) is 7.11 Å². The maximum Gasteiger partial charge on any atom is 0.308 e. The lowest BCUT2D eigenvalue weighted by Crippen LogP contribution is -2.47. The van der Waals surface area contributed by atoms with Crippen LogP contribution in [-0.4, -0.2) is 62.1 Å². The molecule has 1 aliphatic heterocycles. The summed E-state index contributed by atoms with van der Waals surface area (Å²) in [4.78, 5) is 18.0. The number of rotatable bonds is 4. The highest BCUT2D eigenvalue weighted by atomic mass is 32.2. The molecule has 110 valence electrons. The number of hydrogen-bond donors (Lipinski definition) is 1. The van der Waals surface area contributed by atoms with Gasteiger partial charge in [0.2, 0.25) is 0 Å². The number of nitrogens with zero attached hydrogens (tertiary/aromatic N) is 2. The van der Waals surface area contributed by atoms with Gasteiger partial charge in [0.1, 0.15) is 0 Å². The SMILES string of the molecule is CN=C(NCC(C)SC)N1CCC(C(=O)OC)CC1. The quantitative estimate of drug-likeness (QED) is 0.478. The summed E-state index contributed by atoms with van der Waals surface area (Å²) in [5.41, 5.74) is 0. The zero-order chi connectivity index (χ0) is 14.3. The highest BCUT2D eigenvalue weighted by molar-refractivity contribution is 7.99. The molecule has 1 fully saturated rings. The second kappa shape index (κ2) is 8.30. The number of carbonyl (C=O) groups excluding carboxylic acids is 1. The molecule has 0 aromatic rings. The second-order valence-electron chi connectivity index (χ2n) is 4.76. The van der Waals surface area contributed by atoms with Crippen LogP contribution in [0.25, 0.3) is 0 Å². The molecular formula is C13H25N3O2S. The lowest BCUT2D eigenvalue weighted by molar-refractivity contribution is -0.146. The standard InChI is InChI=1S/C13H25N3O2S/c1-10(19-4)9-15-13(14-2)16-7-5-11(6-8-16)12(17)18-3/h10-11H,5-9H2,1-4H3,(H,14,15). The number of piperidine rings is 1. The molecule has 0 aliphatic carbocycles. The molecule has 0 saturated carbocycles. The van der Waals surface area contributed by atoms with E-state index in [4.69, 9.17) is 4.74 Å². The van der Waals surface area contributed by atoms with Gasteiger partial charge >= 0.3 is 5.97 Å². The van der Waals surface area contributed by atoms with Gasteiger partial charge in [-0.3, -0.25) is 9.79 Å². The van der Waals surface area contributed by atoms with Crippen LogP contribution in [-0.2, 0) is 9.53 Å². The van der Waals surface area contributed by atoms with Gasteiger partial charge in [0, 0.05) is 31.9 Å². The molecule has 0 aromatic carbocycles. The van der Waals surface area contributed by atoms with Crippen molar-refractivity contribution < 1.29 is 9.53 Å². The van der Waals surface area contributed by atoms with E-state index in [0.29, 0.717) is 5.25 Å². The lowest BCUT2D eigenvalue weighted by atomic mass is 9.97. The van der Waals surface area contributed by atoms with Crippen molar-refractivity contribution in [1.29, 1.82) is 0 Å². The summed E-state index contributed by atoms with van der Waals surface area (Å²) in [6, 6.07) is 0. The fourth-order valence-electron chi connectivity index (χ4n) is 2.14. The van der Waals surface area contributed by atoms with E-state index in [1.54, 1.807) is 7.05 Å². The minimum absolute atomic E-state index is 0.0458. The van der Waals surface area contributed by atoms with E-state index < -0.39 is 0 Å². The predicted octanol–water partition coefficient (Wildman–Crippen LogP) is 1.20. The first-order chi connectivity index (χ1) is 9.12. The molecule has 1 atom stereocenters. The van der Waals surface area contributed by atoms with Crippen LogP contribution in [0.15, 0.2) is 4.99 Å². The largest absolute Gasteiger partial charge is 0.469 e. The molecule has 0 spiro atoms. The molecule has 6 heteroatoms. The molecule has 1 rings (SSSR count). The summed E-state index contributed by atoms with van der Waals surface area (Å²) >= 11 is 1.83. The molecule has 0 amide bonds. The third kappa shape index (κ3) is 4.93. The Bertz CT molecular complexity index is 315. The number of thioether (sulfide) groups is 1. The van der Waals surface area contributed by atoms with Crippen molar-refractivity contribution in [2.24, 2.45) is 10.9 Å². The van der Waals surface area contributed by atoms with Crippen LogP contribution in [0, 0.1) is 5.92 Å². The Balaban J connectivity index is 2.42. The van der Waals surface area contributed by atoms with E-state index in [1.807, 2.05) is 11.8 Å². The highest BCUT2D eigenvalue weighted by Crippen LogP contribution is 2.18. The summed E-state index contributed by atoms with van der Waals surface area (Å²) in [5.74, 6) is 0.896. The topological polar surface area (TPSA) is 53.9 Å². The van der Waals surface area contributed by atoms with Gasteiger partial charge in [-0.1, -0.05) is 6.92 Å². The van der Waals surface area contributed by atoms with E-state index >= 15 is 0 Å². The minimum Gasteiger partial charge on any atom is -0.469 e. The number of aliphatic imine (C=N–C) groups is 1. The fraction of sp³-hybridized carbons (Fsp3) is 0.846. The molecule has 0 radical (unpaired) electrons. The van der Waals surface area contributed by atoms with Crippen LogP contribution in [0.3, 0.4) is 0 Å². The van der Waals surface area contributed by atoms with Crippen molar-refractivity contribution in [3.8, 4) is 0 Å². The van der Waals surface area contributed by atoms with Crippen molar-refractivity contribution >= 4 is 23.7 Å². The lowest BCUT2D eigenvalue weighted by Gasteiger charge is -2.33. The Morgan fingerprint density at radius 1 is 1.53 bits per heavy atom. The Hall–Kier alpha value is -0.910. The van der Waals surface area contributed by atoms with Gasteiger partial charge in [-0.15, -0.1) is 0 Å². The molecule has 1 saturated heterocycles. The summed E-state index contributed by atoms with van der Waals surface area (Å²) in [5, 5.41) is 3.95. The third-order valence-electron chi connectivity index (χ3n) is 3.49. The molecule has 5 nitrogen and oxygen atoms in total. The van der Waals surface area contributed by atoms with Crippen LogP contribution in [0.4, 0.5) is 0 Å². The zero-order valence-corrected chi connectivity index (χ0v) is 13.1. The van der Waals surface area contributed by atoms with Gasteiger partial charge in [0.05, 0.1) is 13.0 Å². The van der Waals surface area contributed by atoms with Crippen molar-refractivity contribution in [1.82, 2.24) is 10.2 Å². The highest BCUT2D eigenvalue weighted by Gasteiger charge is 2.26. The first-order valence-corrected chi connectivity index (χ1v) is 7.97. The molecule has 1 aliphatic rings. The number of guanidine groups is 1. The Morgan fingerprint density at radius 3 is 2.63 bits per heavy atom. The first-order valence-electron chi connectivity index (χ1n) is 6.68. The van der Waals surface area contributed by atoms with E-state index in [2.05, 4.69) is 28.4 Å². The number of esters is 1. The minimum atomic E-state index is -0.0846. The normalized spacial score (nSPS) is 19.2. The summed E-state index contributed by atoms with van der Waals surface area (Å²) < 4.78 is 4.80. The first kappa shape index (κ1) is 16.1. The Labute approximate surface area is 120 Å². The van der Waals surface area contributed by atoms with Gasteiger partial charge in [0.25, 0.3) is 0 Å². The Kier molecular flexibility index (Phi) is 7.05. The van der Waals surface area contributed by atoms with Gasteiger partial charge < -0.3 is 15.0 Å². The summed E-state index contributed by atoms with van der Waals surface area (Å²) in [6.07, 6.45) is 3.79. The molecule has 1 heterocycles. The van der Waals surface area contributed by atoms with Crippen molar-refractivity contribution in [2.45, 2.75) is 25.0 Å². The molecule has 1 N–H and O–H groups in total. The number of nitrogens with one attached hydrogen (secondary N) is 1. The van der Waals surface area contributed by atoms with Crippen molar-refractivity contribution in [3.63, 3.8) is 0 Å². The molecule has 1 unspecified atom stereocenters. The van der Waals surface area contributed by atoms with Gasteiger partial charge in [-0.05, 0) is 19.1 Å². The third-order valence-corrected chi connectivity index (χ3v) is 4.46. The van der Waals surface area contributed by atoms with E-state index in [0.717, 1.165) is 38.4 Å². The van der Waals surface area contributed by atoms with Gasteiger partial charge in [-0.2, -0.15) is 11.8 Å². The van der Waals surface area contributed by atoms with Crippen LogP contribution < -0.4 is 5.32 Å². The van der Waals surface area contributed by atoms with Crippen molar-refractivity contribution in [2.75, 3.05) is 40.0 Å². The van der Waals surface area contributed by atoms with Crippen LogP contribution in [0.5, 0.6) is 0 Å². The van der Waals surface area contributed by atoms with Gasteiger partial charge in [-0.25, -0.2) is 0 Å². The number of ether oxygens (including phenoxy) is 1. The molecular weight excluding hydrogens is 262 g/mol. The fourth-order valence-corrected chi connectivity index (χ4v) is 2.39. The molecule has 19 heavy (non-hydrogen) atoms. The van der Waals surface area contributed by atoms with Crippen LogP contribution in [0.2, 0.25) is 0 Å². The van der Waals surface area contributed by atoms with E-state index in [-0.39, 0.29) is 11.9 Å². The zero-order valence-electron chi connectivity index (χ0n) is 12.3. The van der Waals surface area contributed by atoms with Crippen LogP contribution >= 0.6 is 11.8 Å². The Morgan fingerprint density at radius 2 is 2.16 bits per heavy atom. The number of likely N-dealkylation sites (tertiary alicyclic amines) is 1. The molecule has 0 aromatic heterocycles. The van der Waals surface area contributed by atoms with Gasteiger partial charge in [0.15, 0.2) is 5.96 Å². The summed E-state index contributed by atoms with van der Waals surface area (Å²) in [7, 11) is 3.26. The average Bonchev–Trinajstić information content (AvgIpc) is 2.47. The molecule has 0 bridgehead atoms. The predicted molar refractivity (Wildman–Crippen MR) is 80.7 cm³/mol. The van der Waals surface area contributed by atoms with E-state index in [9.17, 15) is 4.79 Å². The monoisotopic (exact) mass is 287 g/mol. The maximum atomic E-state index is 11.5. The average molecular weight is 287 g/mol. The number of hydrogen-bond acceptors (Lipinski definition) is 4.